The van der Waals surface area contributed by atoms with Gasteiger partial charge in [-0.25, -0.2) is 9.13 Å². The summed E-state index contributed by atoms with van der Waals surface area (Å²) in [6, 6.07) is 4.47. The number of halogens is 4. The van der Waals surface area contributed by atoms with Gasteiger partial charge in [-0.05, 0) is 38.8 Å². The maximum atomic E-state index is 9.67. The third-order valence-corrected chi connectivity index (χ3v) is 2.95. The first-order valence-electron chi connectivity index (χ1n) is 6.42. The van der Waals surface area contributed by atoms with Crippen molar-refractivity contribution in [1.29, 1.82) is 0 Å². The van der Waals surface area contributed by atoms with E-state index in [1.165, 1.54) is 22.4 Å². The van der Waals surface area contributed by atoms with Gasteiger partial charge in [-0.2, -0.15) is 0 Å². The van der Waals surface area contributed by atoms with E-state index in [1.807, 2.05) is 0 Å². The molecule has 116 valence electrons. The second-order valence-electron chi connectivity index (χ2n) is 4.65. The second-order valence-corrected chi connectivity index (χ2v) is 4.65. The number of benzene rings is 1. The summed E-state index contributed by atoms with van der Waals surface area (Å²) in [4.78, 5) is 0. The summed E-state index contributed by atoms with van der Waals surface area (Å²) in [5.74, 6) is 0. The molecule has 0 aliphatic rings. The van der Waals surface area contributed by atoms with Crippen molar-refractivity contribution >= 4 is 7.54 Å². The highest BCUT2D eigenvalue weighted by Gasteiger charge is 2.11. The summed E-state index contributed by atoms with van der Waals surface area (Å²) in [6.07, 6.45) is 6.37. The molecule has 1 aromatic heterocycles. The molecule has 0 atom stereocenters. The van der Waals surface area contributed by atoms with Crippen LogP contribution in [0.3, 0.4) is 0 Å². The Kier molecular flexibility index (Phi) is 7.77. The Morgan fingerprint density at radius 2 is 1.57 bits per heavy atom. The quantitative estimate of drug-likeness (QED) is 0.436. The Bertz CT molecular complexity index is 544. The molecule has 1 aromatic carbocycles. The minimum absolute atomic E-state index is 0. The molecule has 0 saturated carbocycles. The van der Waals surface area contributed by atoms with E-state index in [2.05, 4.69) is 67.7 Å². The first-order valence-corrected chi connectivity index (χ1v) is 6.42. The van der Waals surface area contributed by atoms with Crippen LogP contribution >= 0.6 is 0 Å². The van der Waals surface area contributed by atoms with Gasteiger partial charge in [0.1, 0.15) is 18.1 Å². The number of rotatable bonds is 2. The lowest BCUT2D eigenvalue weighted by Gasteiger charge is -2.06. The van der Waals surface area contributed by atoms with Crippen LogP contribution in [0, 0.1) is 20.8 Å². The van der Waals surface area contributed by atoms with Gasteiger partial charge < -0.3 is 4.70 Å². The number of imidazole rings is 1. The number of hydrogen-bond donors (Lipinski definition) is 0. The van der Waals surface area contributed by atoms with Crippen LogP contribution in [0.4, 0.5) is 12.9 Å². The van der Waals surface area contributed by atoms with E-state index in [1.54, 1.807) is 0 Å². The monoisotopic (exact) mass is 302 g/mol. The molecule has 0 aliphatic heterocycles. The highest BCUT2D eigenvalue weighted by atomic mass is 19.4. The zero-order chi connectivity index (χ0) is 15.3. The second kappa shape index (κ2) is 8.49. The predicted molar refractivity (Wildman–Crippen MR) is 74.9 cm³/mol. The Hall–Kier alpha value is -1.79. The number of hydrogen-bond acceptors (Lipinski definition) is 0. The standard InChI is InChI=1S/C14H19N2.BF3.FH/c1-5-15-6-7-16(10-15)14-12(3)8-11(2)9-13(14)4;2-1(3)4;/h6-10H,5H2,1-4H3;;1H/q+1;;/p-1. The normalized spacial score (nSPS) is 9.48. The lowest BCUT2D eigenvalue weighted by atomic mass is 10.1. The fourth-order valence-corrected chi connectivity index (χ4v) is 2.29. The molecule has 0 spiro atoms. The molecule has 2 aromatic rings. The Labute approximate surface area is 122 Å². The minimum atomic E-state index is -3.67. The fraction of sp³-hybridized carbons (Fsp3) is 0.357. The highest BCUT2D eigenvalue weighted by Crippen LogP contribution is 2.20. The zero-order valence-corrected chi connectivity index (χ0v) is 12.6. The van der Waals surface area contributed by atoms with Crippen LogP contribution in [0.15, 0.2) is 30.9 Å². The molecule has 7 heteroatoms. The molecule has 2 rings (SSSR count). The van der Waals surface area contributed by atoms with Crippen molar-refractivity contribution in [2.45, 2.75) is 34.2 Å². The van der Waals surface area contributed by atoms with E-state index in [4.69, 9.17) is 0 Å². The molecule has 0 unspecified atom stereocenters. The number of aromatic nitrogens is 2. The van der Waals surface area contributed by atoms with E-state index in [-0.39, 0.29) is 4.70 Å². The summed E-state index contributed by atoms with van der Waals surface area (Å²) in [5, 5.41) is 0. The van der Waals surface area contributed by atoms with Gasteiger partial charge in [0.15, 0.2) is 0 Å². The van der Waals surface area contributed by atoms with Crippen LogP contribution in [0.25, 0.3) is 5.69 Å². The fourth-order valence-electron chi connectivity index (χ4n) is 2.29. The van der Waals surface area contributed by atoms with Crippen LogP contribution < -0.4 is 9.27 Å². The van der Waals surface area contributed by atoms with Crippen molar-refractivity contribution in [1.82, 2.24) is 4.57 Å². The van der Waals surface area contributed by atoms with E-state index in [9.17, 15) is 12.9 Å². The Morgan fingerprint density at radius 1 is 1.10 bits per heavy atom. The van der Waals surface area contributed by atoms with Crippen LogP contribution in [-0.2, 0) is 6.54 Å². The van der Waals surface area contributed by atoms with Crippen LogP contribution in [0.2, 0.25) is 0 Å². The van der Waals surface area contributed by atoms with Gasteiger partial charge in [0.2, 0.25) is 6.33 Å². The Morgan fingerprint density at radius 3 is 1.95 bits per heavy atom. The zero-order valence-electron chi connectivity index (χ0n) is 12.6. The molecule has 1 heterocycles. The molecule has 0 fully saturated rings. The topological polar surface area (TPSA) is 8.81 Å². The summed E-state index contributed by atoms with van der Waals surface area (Å²) >= 11 is 0. The van der Waals surface area contributed by atoms with E-state index in [0.717, 1.165) is 6.54 Å². The smallest absolute Gasteiger partial charge is 0.762 e. The third kappa shape index (κ3) is 5.61. The van der Waals surface area contributed by atoms with Crippen LogP contribution in [-0.4, -0.2) is 12.1 Å². The predicted octanol–water partition coefficient (Wildman–Crippen LogP) is 0.594. The average Bonchev–Trinajstić information content (AvgIpc) is 2.75. The molecule has 2 nitrogen and oxygen atoms in total. The van der Waals surface area contributed by atoms with Crippen molar-refractivity contribution in [3.8, 4) is 5.69 Å². The van der Waals surface area contributed by atoms with Gasteiger partial charge in [-0.15, -0.1) is 0 Å². The van der Waals surface area contributed by atoms with Crippen molar-refractivity contribution in [2.75, 3.05) is 0 Å². The molecule has 0 bridgehead atoms. The number of nitrogens with zero attached hydrogens (tertiary/aromatic N) is 2. The molecule has 21 heavy (non-hydrogen) atoms. The first-order chi connectivity index (χ1) is 9.35. The van der Waals surface area contributed by atoms with E-state index < -0.39 is 7.54 Å². The van der Waals surface area contributed by atoms with Gasteiger partial charge >= 0.3 is 7.54 Å². The van der Waals surface area contributed by atoms with Crippen LogP contribution in [0.1, 0.15) is 23.6 Å². The summed E-state index contributed by atoms with van der Waals surface area (Å²) in [7, 11) is -3.67. The largest absolute Gasteiger partial charge is 1.00 e. The van der Waals surface area contributed by atoms with Gasteiger partial charge in [0.25, 0.3) is 0 Å². The lowest BCUT2D eigenvalue weighted by molar-refractivity contribution is -0.692. The van der Waals surface area contributed by atoms with Gasteiger partial charge in [-0.3, -0.25) is 12.9 Å². The van der Waals surface area contributed by atoms with Gasteiger partial charge in [-0.1, -0.05) is 17.7 Å². The molecular formula is C14H19BF4N2. The van der Waals surface area contributed by atoms with E-state index >= 15 is 0 Å². The highest BCUT2D eigenvalue weighted by molar-refractivity contribution is 6.33. The summed E-state index contributed by atoms with van der Waals surface area (Å²) in [6.45, 7) is 9.65. The molecule has 0 saturated heterocycles. The molecule has 0 N–H and O–H groups in total. The lowest BCUT2D eigenvalue weighted by Crippen LogP contribution is -3.00. The van der Waals surface area contributed by atoms with Gasteiger partial charge in [0.05, 0.1) is 6.54 Å². The maximum Gasteiger partial charge on any atom is 0.762 e. The Balaban J connectivity index is 0.000000715. The van der Waals surface area contributed by atoms with Crippen LogP contribution in [0.5, 0.6) is 0 Å². The molecule has 0 amide bonds. The average molecular weight is 302 g/mol. The first kappa shape index (κ1) is 19.2. The SMILES string of the molecule is CC[n+]1ccn(-c2c(C)cc(C)cc2C)c1.FB(F)F.[F-]. The maximum absolute atomic E-state index is 9.67. The van der Waals surface area contributed by atoms with Crippen molar-refractivity contribution < 1.29 is 22.2 Å². The summed E-state index contributed by atoms with van der Waals surface area (Å²) in [5.41, 5.74) is 5.29. The molecular weight excluding hydrogens is 283 g/mol. The van der Waals surface area contributed by atoms with E-state index in [0.29, 0.717) is 0 Å². The minimum Gasteiger partial charge on any atom is -1.00 e. The summed E-state index contributed by atoms with van der Waals surface area (Å²) < 4.78 is 33.4. The molecule has 0 aliphatic carbocycles. The van der Waals surface area contributed by atoms with Crippen molar-refractivity contribution in [3.05, 3.63) is 47.5 Å². The van der Waals surface area contributed by atoms with Crippen molar-refractivity contribution in [3.63, 3.8) is 0 Å². The van der Waals surface area contributed by atoms with Gasteiger partial charge in [0, 0.05) is 0 Å². The number of aryl methyl sites for hydroxylation is 4. The molecule has 0 radical (unpaired) electrons. The van der Waals surface area contributed by atoms with Crippen molar-refractivity contribution in [2.24, 2.45) is 0 Å². The third-order valence-electron chi connectivity index (χ3n) is 2.95.